The molecule has 1 atom stereocenters. The fourth-order valence-corrected chi connectivity index (χ4v) is 3.16. The lowest BCUT2D eigenvalue weighted by molar-refractivity contribution is 0.101. The van der Waals surface area contributed by atoms with Gasteiger partial charge in [0.15, 0.2) is 17.4 Å². The van der Waals surface area contributed by atoms with Crippen LogP contribution in [0.2, 0.25) is 0 Å². The first kappa shape index (κ1) is 15.8. The van der Waals surface area contributed by atoms with Crippen molar-refractivity contribution in [2.24, 2.45) is 0 Å². The summed E-state index contributed by atoms with van der Waals surface area (Å²) >= 11 is 1.31. The zero-order chi connectivity index (χ0) is 16.4. The molecule has 8 heteroatoms. The number of hydrogen-bond acceptors (Lipinski definition) is 5. The highest BCUT2D eigenvalue weighted by atomic mass is 32.1. The van der Waals surface area contributed by atoms with Gasteiger partial charge in [-0.05, 0) is 12.8 Å². The summed E-state index contributed by atoms with van der Waals surface area (Å²) in [6.07, 6.45) is 1.74. The molecule has 1 fully saturated rings. The molecule has 0 bridgehead atoms. The van der Waals surface area contributed by atoms with E-state index in [9.17, 15) is 13.6 Å². The Balaban J connectivity index is 1.75. The van der Waals surface area contributed by atoms with Crippen molar-refractivity contribution in [2.45, 2.75) is 18.9 Å². The minimum Gasteiger partial charge on any atom is -0.494 e. The molecule has 1 N–H and O–H groups in total. The van der Waals surface area contributed by atoms with Gasteiger partial charge in [0.25, 0.3) is 5.91 Å². The van der Waals surface area contributed by atoms with Gasteiger partial charge in [0.05, 0.1) is 12.8 Å². The van der Waals surface area contributed by atoms with Crippen molar-refractivity contribution >= 4 is 22.9 Å². The van der Waals surface area contributed by atoms with Crippen LogP contribution >= 0.6 is 11.3 Å². The fourth-order valence-electron chi connectivity index (χ4n) is 2.28. The molecule has 1 aromatic heterocycles. The molecule has 1 aromatic carbocycles. The molecule has 0 spiro atoms. The van der Waals surface area contributed by atoms with E-state index in [0.29, 0.717) is 11.6 Å². The maximum Gasteiger partial charge on any atom is 0.275 e. The van der Waals surface area contributed by atoms with E-state index < -0.39 is 17.5 Å². The normalized spacial score (nSPS) is 17.3. The van der Waals surface area contributed by atoms with Crippen molar-refractivity contribution < 1.29 is 23.0 Å². The summed E-state index contributed by atoms with van der Waals surface area (Å²) in [5.41, 5.74) is -0.115. The number of thiazole rings is 1. The summed E-state index contributed by atoms with van der Waals surface area (Å²) in [6, 6.07) is 1.75. The van der Waals surface area contributed by atoms with E-state index in [1.54, 1.807) is 5.38 Å². The maximum atomic E-state index is 13.8. The second-order valence-electron chi connectivity index (χ2n) is 4.99. The molecule has 2 heterocycles. The van der Waals surface area contributed by atoms with E-state index in [0.717, 1.165) is 25.0 Å². The lowest BCUT2D eigenvalue weighted by atomic mass is 10.2. The van der Waals surface area contributed by atoms with Gasteiger partial charge in [-0.2, -0.15) is 0 Å². The molecule has 1 saturated heterocycles. The molecular formula is C15H14F2N2O3S. The standard InChI is InChI=1S/C15H14F2N2O3S/c1-21-13-6-8(16)10(5-9(13)17)18-14(20)11-7-23-15(19-11)12-3-2-4-22-12/h5-7,12H,2-4H2,1H3,(H,18,20). The van der Waals surface area contributed by atoms with Crippen molar-refractivity contribution in [1.29, 1.82) is 0 Å². The van der Waals surface area contributed by atoms with Gasteiger partial charge < -0.3 is 14.8 Å². The van der Waals surface area contributed by atoms with E-state index in [4.69, 9.17) is 4.74 Å². The molecule has 0 radical (unpaired) electrons. The Morgan fingerprint density at radius 3 is 2.96 bits per heavy atom. The van der Waals surface area contributed by atoms with Gasteiger partial charge >= 0.3 is 0 Å². The molecule has 1 aliphatic heterocycles. The molecule has 1 unspecified atom stereocenters. The van der Waals surface area contributed by atoms with Crippen LogP contribution in [-0.2, 0) is 4.74 Å². The lowest BCUT2D eigenvalue weighted by Crippen LogP contribution is -2.14. The van der Waals surface area contributed by atoms with Crippen molar-refractivity contribution in [3.8, 4) is 5.75 Å². The van der Waals surface area contributed by atoms with Crippen LogP contribution in [0.5, 0.6) is 5.75 Å². The number of nitrogens with one attached hydrogen (secondary N) is 1. The highest BCUT2D eigenvalue weighted by Gasteiger charge is 2.23. The molecule has 1 amide bonds. The highest BCUT2D eigenvalue weighted by Crippen LogP contribution is 2.31. The van der Waals surface area contributed by atoms with Crippen LogP contribution in [0, 0.1) is 11.6 Å². The van der Waals surface area contributed by atoms with Gasteiger partial charge in [0.2, 0.25) is 0 Å². The monoisotopic (exact) mass is 340 g/mol. The fraction of sp³-hybridized carbons (Fsp3) is 0.333. The Morgan fingerprint density at radius 1 is 1.43 bits per heavy atom. The zero-order valence-electron chi connectivity index (χ0n) is 12.3. The molecule has 1 aliphatic rings. The number of hydrogen-bond donors (Lipinski definition) is 1. The summed E-state index contributed by atoms with van der Waals surface area (Å²) in [6.45, 7) is 0.683. The highest BCUT2D eigenvalue weighted by molar-refractivity contribution is 7.09. The van der Waals surface area contributed by atoms with Gasteiger partial charge in [-0.15, -0.1) is 11.3 Å². The van der Waals surface area contributed by atoms with Gasteiger partial charge in [0.1, 0.15) is 16.8 Å². The Kier molecular flexibility index (Phi) is 4.53. The summed E-state index contributed by atoms with van der Waals surface area (Å²) in [4.78, 5) is 16.3. The third-order valence-electron chi connectivity index (χ3n) is 3.45. The molecule has 0 aliphatic carbocycles. The van der Waals surface area contributed by atoms with Crippen molar-refractivity contribution in [1.82, 2.24) is 4.98 Å². The SMILES string of the molecule is COc1cc(F)c(NC(=O)c2csc(C3CCCO3)n2)cc1F. The number of methoxy groups -OCH3 is 1. The summed E-state index contributed by atoms with van der Waals surface area (Å²) < 4.78 is 37.6. The van der Waals surface area contributed by atoms with Gasteiger partial charge in [0, 0.05) is 24.1 Å². The molecule has 122 valence electrons. The first-order valence-electron chi connectivity index (χ1n) is 7.00. The van der Waals surface area contributed by atoms with Crippen LogP contribution in [0.1, 0.15) is 34.4 Å². The van der Waals surface area contributed by atoms with Crippen molar-refractivity contribution in [2.75, 3.05) is 19.0 Å². The number of nitrogens with zero attached hydrogens (tertiary/aromatic N) is 1. The second-order valence-corrected chi connectivity index (χ2v) is 5.88. The van der Waals surface area contributed by atoms with Gasteiger partial charge in [-0.3, -0.25) is 4.79 Å². The summed E-state index contributed by atoms with van der Waals surface area (Å²) in [5.74, 6) is -2.38. The molecule has 3 rings (SSSR count). The Morgan fingerprint density at radius 2 is 2.26 bits per heavy atom. The number of carbonyl (C=O) groups is 1. The number of halogens is 2. The molecular weight excluding hydrogens is 326 g/mol. The molecule has 23 heavy (non-hydrogen) atoms. The van der Waals surface area contributed by atoms with Crippen molar-refractivity contribution in [3.63, 3.8) is 0 Å². The van der Waals surface area contributed by atoms with E-state index >= 15 is 0 Å². The lowest BCUT2D eigenvalue weighted by Gasteiger charge is -2.08. The first-order chi connectivity index (χ1) is 11.1. The topological polar surface area (TPSA) is 60.5 Å². The maximum absolute atomic E-state index is 13.8. The molecule has 2 aromatic rings. The smallest absolute Gasteiger partial charge is 0.275 e. The zero-order valence-corrected chi connectivity index (χ0v) is 13.1. The van der Waals surface area contributed by atoms with E-state index in [2.05, 4.69) is 15.0 Å². The summed E-state index contributed by atoms with van der Waals surface area (Å²) in [7, 11) is 1.23. The number of ether oxygens (including phenoxy) is 2. The second kappa shape index (κ2) is 6.59. The van der Waals surface area contributed by atoms with Crippen LogP contribution in [0.25, 0.3) is 0 Å². The van der Waals surface area contributed by atoms with E-state index in [1.807, 2.05) is 0 Å². The number of amides is 1. The van der Waals surface area contributed by atoms with Crippen LogP contribution in [0.3, 0.4) is 0 Å². The minimum absolute atomic E-state index is 0.0864. The van der Waals surface area contributed by atoms with E-state index in [1.165, 1.54) is 18.4 Å². The van der Waals surface area contributed by atoms with Crippen LogP contribution < -0.4 is 10.1 Å². The third-order valence-corrected chi connectivity index (χ3v) is 4.39. The van der Waals surface area contributed by atoms with Crippen LogP contribution in [0.15, 0.2) is 17.5 Å². The van der Waals surface area contributed by atoms with Crippen LogP contribution in [0.4, 0.5) is 14.5 Å². The minimum atomic E-state index is -0.786. The van der Waals surface area contributed by atoms with E-state index in [-0.39, 0.29) is 23.2 Å². The first-order valence-corrected chi connectivity index (χ1v) is 7.88. The Labute approximate surface area is 135 Å². The predicted molar refractivity (Wildman–Crippen MR) is 80.9 cm³/mol. The summed E-state index contributed by atoms with van der Waals surface area (Å²) in [5, 5.41) is 4.61. The molecule has 5 nitrogen and oxygen atoms in total. The third kappa shape index (κ3) is 3.32. The number of carbonyl (C=O) groups excluding carboxylic acids is 1. The quantitative estimate of drug-likeness (QED) is 0.925. The largest absolute Gasteiger partial charge is 0.494 e. The average Bonchev–Trinajstić information content (AvgIpc) is 3.20. The predicted octanol–water partition coefficient (Wildman–Crippen LogP) is 3.53. The van der Waals surface area contributed by atoms with Crippen molar-refractivity contribution in [3.05, 3.63) is 39.8 Å². The number of benzene rings is 1. The number of anilines is 1. The average molecular weight is 340 g/mol. The number of rotatable bonds is 4. The van der Waals surface area contributed by atoms with Gasteiger partial charge in [-0.25, -0.2) is 13.8 Å². The Hall–Kier alpha value is -2.06. The number of aromatic nitrogens is 1. The molecule has 0 saturated carbocycles. The Bertz CT molecular complexity index is 730. The van der Waals surface area contributed by atoms with Crippen LogP contribution in [-0.4, -0.2) is 24.6 Å². The van der Waals surface area contributed by atoms with Gasteiger partial charge in [-0.1, -0.05) is 0 Å².